The summed E-state index contributed by atoms with van der Waals surface area (Å²) in [5, 5.41) is 4.11. The third-order valence-electron chi connectivity index (χ3n) is 5.13. The standard InChI is InChI=1S/C22H24N4O3/c1-16-7-9-17(10-8-16)21-23-20(24-29-21)15-25-11-13-26(14-12-25)22(27)18-5-3-4-6-19(18)28-2/h3-10H,11-15H2,1-2H3. The van der Waals surface area contributed by atoms with Crippen molar-refractivity contribution in [2.24, 2.45) is 0 Å². The Bertz CT molecular complexity index is 976. The van der Waals surface area contributed by atoms with Gasteiger partial charge in [-0.2, -0.15) is 4.98 Å². The highest BCUT2D eigenvalue weighted by Crippen LogP contribution is 2.21. The fourth-order valence-electron chi connectivity index (χ4n) is 3.43. The number of benzene rings is 2. The van der Waals surface area contributed by atoms with E-state index in [-0.39, 0.29) is 5.91 Å². The maximum atomic E-state index is 12.8. The van der Waals surface area contributed by atoms with Gasteiger partial charge in [0.05, 0.1) is 19.2 Å². The Morgan fingerprint density at radius 1 is 1.07 bits per heavy atom. The molecule has 0 aliphatic carbocycles. The van der Waals surface area contributed by atoms with Crippen molar-refractivity contribution < 1.29 is 14.1 Å². The van der Waals surface area contributed by atoms with E-state index in [1.807, 2.05) is 54.3 Å². The second kappa shape index (κ2) is 8.45. The van der Waals surface area contributed by atoms with Crippen molar-refractivity contribution in [2.45, 2.75) is 13.5 Å². The zero-order valence-electron chi connectivity index (χ0n) is 16.7. The lowest BCUT2D eigenvalue weighted by molar-refractivity contribution is 0.0621. The molecule has 0 unspecified atom stereocenters. The molecule has 0 N–H and O–H groups in total. The van der Waals surface area contributed by atoms with Crippen molar-refractivity contribution in [3.8, 4) is 17.2 Å². The molecule has 29 heavy (non-hydrogen) atoms. The highest BCUT2D eigenvalue weighted by molar-refractivity contribution is 5.97. The Morgan fingerprint density at radius 2 is 1.79 bits per heavy atom. The monoisotopic (exact) mass is 392 g/mol. The number of piperazine rings is 1. The number of amides is 1. The second-order valence-corrected chi connectivity index (χ2v) is 7.15. The van der Waals surface area contributed by atoms with E-state index in [1.165, 1.54) is 5.56 Å². The number of hydrogen-bond donors (Lipinski definition) is 0. The maximum Gasteiger partial charge on any atom is 0.257 e. The van der Waals surface area contributed by atoms with E-state index < -0.39 is 0 Å². The molecule has 2 heterocycles. The van der Waals surface area contributed by atoms with Crippen LogP contribution in [0, 0.1) is 6.92 Å². The number of carbonyl (C=O) groups excluding carboxylic acids is 1. The number of para-hydroxylation sites is 1. The van der Waals surface area contributed by atoms with Crippen LogP contribution in [0.3, 0.4) is 0 Å². The van der Waals surface area contributed by atoms with Crippen molar-refractivity contribution in [2.75, 3.05) is 33.3 Å². The second-order valence-electron chi connectivity index (χ2n) is 7.15. The van der Waals surface area contributed by atoms with Crippen molar-refractivity contribution in [1.82, 2.24) is 19.9 Å². The Morgan fingerprint density at radius 3 is 2.52 bits per heavy atom. The van der Waals surface area contributed by atoms with Gasteiger partial charge in [-0.25, -0.2) is 0 Å². The van der Waals surface area contributed by atoms with E-state index in [0.29, 0.717) is 42.7 Å². The molecule has 2 aromatic carbocycles. The lowest BCUT2D eigenvalue weighted by Gasteiger charge is -2.34. The third kappa shape index (κ3) is 4.30. The molecular formula is C22H24N4O3. The van der Waals surface area contributed by atoms with E-state index in [9.17, 15) is 4.79 Å². The summed E-state index contributed by atoms with van der Waals surface area (Å²) in [7, 11) is 1.58. The molecule has 7 heteroatoms. The number of methoxy groups -OCH3 is 1. The molecule has 1 aromatic heterocycles. The van der Waals surface area contributed by atoms with Crippen LogP contribution < -0.4 is 4.74 Å². The van der Waals surface area contributed by atoms with Crippen LogP contribution >= 0.6 is 0 Å². The predicted octanol–water partition coefficient (Wildman–Crippen LogP) is 3.01. The molecule has 0 atom stereocenters. The minimum absolute atomic E-state index is 0.00307. The summed E-state index contributed by atoms with van der Waals surface area (Å²) in [6.07, 6.45) is 0. The zero-order chi connectivity index (χ0) is 20.2. The Hall–Kier alpha value is -3.19. The number of hydrogen-bond acceptors (Lipinski definition) is 6. The molecule has 1 aliphatic heterocycles. The number of ether oxygens (including phenoxy) is 1. The van der Waals surface area contributed by atoms with E-state index in [2.05, 4.69) is 15.0 Å². The summed E-state index contributed by atoms with van der Waals surface area (Å²) in [5.41, 5.74) is 2.71. The van der Waals surface area contributed by atoms with Gasteiger partial charge in [0.15, 0.2) is 5.82 Å². The number of aryl methyl sites for hydroxylation is 1. The number of aromatic nitrogens is 2. The number of nitrogens with zero attached hydrogens (tertiary/aromatic N) is 4. The molecule has 1 fully saturated rings. The van der Waals surface area contributed by atoms with E-state index in [0.717, 1.165) is 18.7 Å². The van der Waals surface area contributed by atoms with Gasteiger partial charge in [0, 0.05) is 31.7 Å². The van der Waals surface area contributed by atoms with Crippen LogP contribution in [0.1, 0.15) is 21.7 Å². The third-order valence-corrected chi connectivity index (χ3v) is 5.13. The highest BCUT2D eigenvalue weighted by atomic mass is 16.5. The van der Waals surface area contributed by atoms with Crippen molar-refractivity contribution >= 4 is 5.91 Å². The van der Waals surface area contributed by atoms with Gasteiger partial charge in [-0.15, -0.1) is 0 Å². The van der Waals surface area contributed by atoms with Crippen molar-refractivity contribution in [1.29, 1.82) is 0 Å². The first-order chi connectivity index (χ1) is 14.1. The van der Waals surface area contributed by atoms with Crippen LogP contribution in [0.5, 0.6) is 5.75 Å². The lowest BCUT2D eigenvalue weighted by atomic mass is 10.1. The van der Waals surface area contributed by atoms with Crippen LogP contribution in [0.25, 0.3) is 11.5 Å². The Kier molecular flexibility index (Phi) is 5.57. The lowest BCUT2D eigenvalue weighted by Crippen LogP contribution is -2.48. The van der Waals surface area contributed by atoms with Gasteiger partial charge in [-0.05, 0) is 31.2 Å². The van der Waals surface area contributed by atoms with Gasteiger partial charge in [-0.1, -0.05) is 35.0 Å². The molecule has 4 rings (SSSR count). The highest BCUT2D eigenvalue weighted by Gasteiger charge is 2.25. The molecule has 0 saturated carbocycles. The van der Waals surface area contributed by atoms with Gasteiger partial charge in [-0.3, -0.25) is 9.69 Å². The first kappa shape index (κ1) is 19.1. The largest absolute Gasteiger partial charge is 0.496 e. The van der Waals surface area contributed by atoms with Gasteiger partial charge in [0.2, 0.25) is 0 Å². The minimum atomic E-state index is 0.00307. The Balaban J connectivity index is 1.34. The zero-order valence-corrected chi connectivity index (χ0v) is 16.7. The quantitative estimate of drug-likeness (QED) is 0.665. The summed E-state index contributed by atoms with van der Waals surface area (Å²) in [4.78, 5) is 21.4. The first-order valence-corrected chi connectivity index (χ1v) is 9.68. The van der Waals surface area contributed by atoms with Crippen LogP contribution in [-0.2, 0) is 6.54 Å². The van der Waals surface area contributed by atoms with Gasteiger partial charge in [0.1, 0.15) is 5.75 Å². The summed E-state index contributed by atoms with van der Waals surface area (Å²) in [6.45, 7) is 5.47. The van der Waals surface area contributed by atoms with Crippen LogP contribution in [0.4, 0.5) is 0 Å². The van der Waals surface area contributed by atoms with Gasteiger partial charge < -0.3 is 14.2 Å². The molecule has 1 amide bonds. The average Bonchev–Trinajstić information content (AvgIpc) is 3.22. The molecule has 0 spiro atoms. The van der Waals surface area contributed by atoms with Crippen LogP contribution in [0.2, 0.25) is 0 Å². The molecular weight excluding hydrogens is 368 g/mol. The molecule has 0 bridgehead atoms. The average molecular weight is 392 g/mol. The van der Waals surface area contributed by atoms with Crippen LogP contribution in [-0.4, -0.2) is 59.1 Å². The molecule has 1 aliphatic rings. The van der Waals surface area contributed by atoms with Crippen LogP contribution in [0.15, 0.2) is 53.1 Å². The summed E-state index contributed by atoms with van der Waals surface area (Å²) in [6, 6.07) is 15.3. The minimum Gasteiger partial charge on any atom is -0.496 e. The topological polar surface area (TPSA) is 71.7 Å². The Labute approximate surface area is 169 Å². The molecule has 0 radical (unpaired) electrons. The fourth-order valence-corrected chi connectivity index (χ4v) is 3.43. The first-order valence-electron chi connectivity index (χ1n) is 9.68. The number of carbonyl (C=O) groups is 1. The number of rotatable bonds is 5. The normalized spacial score (nSPS) is 14.8. The van der Waals surface area contributed by atoms with Gasteiger partial charge >= 0.3 is 0 Å². The molecule has 7 nitrogen and oxygen atoms in total. The van der Waals surface area contributed by atoms with Gasteiger partial charge in [0.25, 0.3) is 11.8 Å². The summed E-state index contributed by atoms with van der Waals surface area (Å²) >= 11 is 0. The van der Waals surface area contributed by atoms with Crippen molar-refractivity contribution in [3.05, 3.63) is 65.5 Å². The molecule has 150 valence electrons. The smallest absolute Gasteiger partial charge is 0.257 e. The SMILES string of the molecule is COc1ccccc1C(=O)N1CCN(Cc2noc(-c3ccc(C)cc3)n2)CC1. The summed E-state index contributed by atoms with van der Waals surface area (Å²) in [5.74, 6) is 1.80. The van der Waals surface area contributed by atoms with E-state index >= 15 is 0 Å². The van der Waals surface area contributed by atoms with Crippen molar-refractivity contribution in [3.63, 3.8) is 0 Å². The van der Waals surface area contributed by atoms with E-state index in [1.54, 1.807) is 13.2 Å². The fraction of sp³-hybridized carbons (Fsp3) is 0.318. The predicted molar refractivity (Wildman–Crippen MR) is 109 cm³/mol. The molecule has 3 aromatic rings. The maximum absolute atomic E-state index is 12.8. The summed E-state index contributed by atoms with van der Waals surface area (Å²) < 4.78 is 10.7. The van der Waals surface area contributed by atoms with E-state index in [4.69, 9.17) is 9.26 Å². The molecule has 1 saturated heterocycles.